The Hall–Kier alpha value is -0.810. The van der Waals surface area contributed by atoms with Gasteiger partial charge >= 0.3 is 0 Å². The maximum Gasteiger partial charge on any atom is 0.0740 e. The molecule has 0 aliphatic heterocycles. The van der Waals surface area contributed by atoms with Crippen molar-refractivity contribution in [3.05, 3.63) is 34.3 Å². The van der Waals surface area contributed by atoms with Crippen LogP contribution in [0, 0.1) is 17.2 Å². The van der Waals surface area contributed by atoms with Crippen LogP contribution in [-0.2, 0) is 0 Å². The average Bonchev–Trinajstić information content (AvgIpc) is 2.34. The van der Waals surface area contributed by atoms with E-state index >= 15 is 0 Å². The summed E-state index contributed by atoms with van der Waals surface area (Å²) in [5, 5.41) is 9.34. The molecular weight excluding hydrogens is 262 g/mol. The summed E-state index contributed by atoms with van der Waals surface area (Å²) in [6.45, 7) is 0. The van der Waals surface area contributed by atoms with Gasteiger partial charge in [-0.15, -0.1) is 0 Å². The van der Waals surface area contributed by atoms with E-state index in [1.54, 1.807) is 0 Å². The molecule has 2 rings (SSSR count). The lowest BCUT2D eigenvalue weighted by Gasteiger charge is -2.26. The zero-order chi connectivity index (χ0) is 11.4. The van der Waals surface area contributed by atoms with Crippen LogP contribution in [-0.4, -0.2) is 0 Å². The van der Waals surface area contributed by atoms with Gasteiger partial charge in [0.25, 0.3) is 0 Å². The van der Waals surface area contributed by atoms with E-state index in [2.05, 4.69) is 34.1 Å². The summed E-state index contributed by atoms with van der Waals surface area (Å²) in [5.41, 5.74) is 1.18. The van der Waals surface area contributed by atoms with E-state index < -0.39 is 0 Å². The lowest BCUT2D eigenvalue weighted by atomic mass is 9.77. The van der Waals surface area contributed by atoms with E-state index in [0.29, 0.717) is 5.92 Å². The first-order valence-electron chi connectivity index (χ1n) is 5.96. The van der Waals surface area contributed by atoms with Crippen molar-refractivity contribution in [1.82, 2.24) is 0 Å². The van der Waals surface area contributed by atoms with Gasteiger partial charge < -0.3 is 0 Å². The third-order valence-corrected chi connectivity index (χ3v) is 4.02. The molecule has 1 fully saturated rings. The zero-order valence-corrected chi connectivity index (χ0v) is 10.9. The number of benzene rings is 1. The molecule has 0 spiro atoms. The Morgan fingerprint density at radius 1 is 1.12 bits per heavy atom. The van der Waals surface area contributed by atoms with Crippen LogP contribution in [0.4, 0.5) is 0 Å². The molecule has 0 aromatic heterocycles. The summed E-state index contributed by atoms with van der Waals surface area (Å²) in [5.74, 6) is 0.660. The van der Waals surface area contributed by atoms with Crippen molar-refractivity contribution in [3.8, 4) is 6.07 Å². The lowest BCUT2D eigenvalue weighted by Crippen LogP contribution is -2.14. The summed E-state index contributed by atoms with van der Waals surface area (Å²) in [7, 11) is 0. The molecule has 16 heavy (non-hydrogen) atoms. The van der Waals surface area contributed by atoms with Gasteiger partial charge in [-0.05, 0) is 36.5 Å². The minimum atomic E-state index is 0.0911. The highest BCUT2D eigenvalue weighted by Gasteiger charge is 2.24. The second kappa shape index (κ2) is 5.50. The Morgan fingerprint density at radius 2 is 1.75 bits per heavy atom. The minimum Gasteiger partial charge on any atom is -0.198 e. The molecule has 0 radical (unpaired) electrons. The Labute approximate surface area is 106 Å². The van der Waals surface area contributed by atoms with Crippen LogP contribution in [0.25, 0.3) is 0 Å². The summed E-state index contributed by atoms with van der Waals surface area (Å²) >= 11 is 3.43. The highest BCUT2D eigenvalue weighted by atomic mass is 79.9. The summed E-state index contributed by atoms with van der Waals surface area (Å²) in [6, 6.07) is 10.7. The Bertz CT molecular complexity index is 371. The number of hydrogen-bond acceptors (Lipinski definition) is 1. The molecule has 1 saturated carbocycles. The summed E-state index contributed by atoms with van der Waals surface area (Å²) in [6.07, 6.45) is 6.36. The SMILES string of the molecule is N#CC(c1ccc(Br)cc1)C1CCCCC1. The van der Waals surface area contributed by atoms with Crippen LogP contribution >= 0.6 is 15.9 Å². The molecule has 1 atom stereocenters. The highest BCUT2D eigenvalue weighted by Crippen LogP contribution is 2.35. The molecule has 1 aromatic rings. The van der Waals surface area contributed by atoms with Gasteiger partial charge in [-0.1, -0.05) is 47.3 Å². The number of hydrogen-bond donors (Lipinski definition) is 0. The molecule has 0 N–H and O–H groups in total. The quantitative estimate of drug-likeness (QED) is 0.773. The first-order chi connectivity index (χ1) is 7.81. The molecule has 0 heterocycles. The molecule has 0 bridgehead atoms. The van der Waals surface area contributed by atoms with Crippen molar-refractivity contribution in [2.45, 2.75) is 38.0 Å². The Kier molecular flexibility index (Phi) is 4.01. The number of nitrogens with zero attached hydrogens (tertiary/aromatic N) is 1. The molecule has 0 saturated heterocycles. The van der Waals surface area contributed by atoms with Gasteiger partial charge in [0.05, 0.1) is 12.0 Å². The second-order valence-corrected chi connectivity index (χ2v) is 5.47. The van der Waals surface area contributed by atoms with Crippen molar-refractivity contribution in [2.24, 2.45) is 5.92 Å². The molecule has 1 aliphatic carbocycles. The number of nitriles is 1. The number of halogens is 1. The molecule has 0 amide bonds. The smallest absolute Gasteiger partial charge is 0.0740 e. The van der Waals surface area contributed by atoms with Gasteiger partial charge in [0.2, 0.25) is 0 Å². The lowest BCUT2D eigenvalue weighted by molar-refractivity contribution is 0.335. The maximum absolute atomic E-state index is 9.34. The molecule has 2 heteroatoms. The van der Waals surface area contributed by atoms with Gasteiger partial charge in [0, 0.05) is 4.47 Å². The predicted octanol–water partition coefficient (Wildman–Crippen LogP) is 4.64. The monoisotopic (exact) mass is 277 g/mol. The minimum absolute atomic E-state index is 0.0911. The third-order valence-electron chi connectivity index (χ3n) is 3.49. The van der Waals surface area contributed by atoms with Gasteiger partial charge in [0.15, 0.2) is 0 Å². The van der Waals surface area contributed by atoms with E-state index in [1.165, 1.54) is 37.7 Å². The topological polar surface area (TPSA) is 23.8 Å². The van der Waals surface area contributed by atoms with Crippen molar-refractivity contribution < 1.29 is 0 Å². The van der Waals surface area contributed by atoms with Gasteiger partial charge in [-0.3, -0.25) is 0 Å². The molecule has 1 nitrogen and oxygen atoms in total. The molecule has 84 valence electrons. The number of rotatable bonds is 2. The Morgan fingerprint density at radius 3 is 2.31 bits per heavy atom. The van der Waals surface area contributed by atoms with Crippen LogP contribution in [0.2, 0.25) is 0 Å². The zero-order valence-electron chi connectivity index (χ0n) is 9.32. The summed E-state index contributed by atoms with van der Waals surface area (Å²) in [4.78, 5) is 0. The van der Waals surface area contributed by atoms with Crippen molar-refractivity contribution in [2.75, 3.05) is 0 Å². The van der Waals surface area contributed by atoms with E-state index in [4.69, 9.17) is 0 Å². The largest absolute Gasteiger partial charge is 0.198 e. The molecular formula is C14H16BrN. The van der Waals surface area contributed by atoms with Gasteiger partial charge in [-0.2, -0.15) is 5.26 Å². The standard InChI is InChI=1S/C14H16BrN/c15-13-8-6-12(7-9-13)14(10-16)11-4-2-1-3-5-11/h6-9,11,14H,1-5H2. The molecule has 1 aromatic carbocycles. The van der Waals surface area contributed by atoms with Crippen molar-refractivity contribution in [1.29, 1.82) is 5.26 Å². The van der Waals surface area contributed by atoms with Crippen LogP contribution in [0.1, 0.15) is 43.6 Å². The van der Waals surface area contributed by atoms with E-state index in [9.17, 15) is 5.26 Å². The van der Waals surface area contributed by atoms with Crippen LogP contribution in [0.15, 0.2) is 28.7 Å². The fraction of sp³-hybridized carbons (Fsp3) is 0.500. The normalized spacial score (nSPS) is 19.0. The van der Waals surface area contributed by atoms with Gasteiger partial charge in [0.1, 0.15) is 0 Å². The summed E-state index contributed by atoms with van der Waals surface area (Å²) < 4.78 is 1.08. The van der Waals surface area contributed by atoms with Crippen molar-refractivity contribution in [3.63, 3.8) is 0 Å². The van der Waals surface area contributed by atoms with E-state index in [0.717, 1.165) is 4.47 Å². The molecule has 1 unspecified atom stereocenters. The first kappa shape index (κ1) is 11.7. The van der Waals surface area contributed by atoms with Crippen LogP contribution < -0.4 is 0 Å². The maximum atomic E-state index is 9.34. The fourth-order valence-corrected chi connectivity index (χ4v) is 2.85. The van der Waals surface area contributed by atoms with E-state index in [-0.39, 0.29) is 5.92 Å². The fourth-order valence-electron chi connectivity index (χ4n) is 2.59. The first-order valence-corrected chi connectivity index (χ1v) is 6.75. The molecule has 1 aliphatic rings. The van der Waals surface area contributed by atoms with Crippen LogP contribution in [0.3, 0.4) is 0 Å². The highest BCUT2D eigenvalue weighted by molar-refractivity contribution is 9.10. The Balaban J connectivity index is 2.15. The van der Waals surface area contributed by atoms with Crippen LogP contribution in [0.5, 0.6) is 0 Å². The second-order valence-electron chi connectivity index (χ2n) is 4.56. The predicted molar refractivity (Wildman–Crippen MR) is 69.1 cm³/mol. The van der Waals surface area contributed by atoms with Crippen molar-refractivity contribution >= 4 is 15.9 Å². The van der Waals surface area contributed by atoms with E-state index in [1.807, 2.05) is 12.1 Å². The average molecular weight is 278 g/mol. The van der Waals surface area contributed by atoms with Gasteiger partial charge in [-0.25, -0.2) is 0 Å². The third kappa shape index (κ3) is 2.65.